The van der Waals surface area contributed by atoms with Crippen molar-refractivity contribution < 1.29 is 17.6 Å². The Balaban J connectivity index is 2.06. The highest BCUT2D eigenvalue weighted by Gasteiger charge is 2.34. The van der Waals surface area contributed by atoms with Crippen LogP contribution in [0.25, 0.3) is 22.8 Å². The largest absolute Gasteiger partial charge is 0.436 e. The molecule has 0 unspecified atom stereocenters. The molecule has 0 amide bonds. The number of halogens is 3. The smallest absolute Gasteiger partial charge is 0.417 e. The molecule has 1 aromatic carbocycles. The molecule has 0 saturated carbocycles. The molecule has 0 aliphatic heterocycles. The van der Waals surface area contributed by atoms with Crippen LogP contribution in [0.5, 0.6) is 0 Å². The predicted octanol–water partition coefficient (Wildman–Crippen LogP) is 4.42. The van der Waals surface area contributed by atoms with Crippen LogP contribution in [-0.4, -0.2) is 9.97 Å². The van der Waals surface area contributed by atoms with Gasteiger partial charge in [0.2, 0.25) is 5.89 Å². The van der Waals surface area contributed by atoms with Crippen LogP contribution in [0.15, 0.2) is 59.4 Å². The third-order valence-electron chi connectivity index (χ3n) is 2.92. The monoisotopic (exact) mass is 290 g/mol. The lowest BCUT2D eigenvalue weighted by molar-refractivity contribution is -0.137. The highest BCUT2D eigenvalue weighted by Crippen LogP contribution is 2.37. The molecule has 3 rings (SSSR count). The van der Waals surface area contributed by atoms with Crippen molar-refractivity contribution >= 4 is 0 Å². The van der Waals surface area contributed by atoms with Crippen LogP contribution < -0.4 is 0 Å². The van der Waals surface area contributed by atoms with E-state index in [1.165, 1.54) is 6.20 Å². The Bertz CT molecular complexity index is 751. The van der Waals surface area contributed by atoms with Crippen molar-refractivity contribution in [3.63, 3.8) is 0 Å². The lowest BCUT2D eigenvalue weighted by Gasteiger charge is -2.09. The van der Waals surface area contributed by atoms with Gasteiger partial charge in [0.1, 0.15) is 0 Å². The number of rotatable bonds is 2. The number of nitrogens with zero attached hydrogens (tertiary/aromatic N) is 2. The first-order chi connectivity index (χ1) is 10.1. The summed E-state index contributed by atoms with van der Waals surface area (Å²) in [4.78, 5) is 7.65. The number of oxazole rings is 1. The second kappa shape index (κ2) is 5.05. The van der Waals surface area contributed by atoms with Gasteiger partial charge in [0.25, 0.3) is 0 Å². The normalized spacial score (nSPS) is 11.6. The number of pyridine rings is 1. The van der Waals surface area contributed by atoms with Crippen LogP contribution in [0.2, 0.25) is 0 Å². The number of hydrogen-bond acceptors (Lipinski definition) is 3. The first kappa shape index (κ1) is 13.4. The molecule has 106 valence electrons. The van der Waals surface area contributed by atoms with Gasteiger partial charge in [-0.15, -0.1) is 0 Å². The minimum atomic E-state index is -4.49. The molecule has 0 spiro atoms. The van der Waals surface area contributed by atoms with Gasteiger partial charge in [-0.1, -0.05) is 30.3 Å². The molecule has 0 radical (unpaired) electrons. The summed E-state index contributed by atoms with van der Waals surface area (Å²) in [7, 11) is 0. The van der Waals surface area contributed by atoms with Gasteiger partial charge in [0, 0.05) is 18.0 Å². The fourth-order valence-electron chi connectivity index (χ4n) is 1.95. The van der Waals surface area contributed by atoms with Crippen molar-refractivity contribution in [2.75, 3.05) is 0 Å². The zero-order chi connectivity index (χ0) is 14.9. The highest BCUT2D eigenvalue weighted by atomic mass is 19.4. The summed E-state index contributed by atoms with van der Waals surface area (Å²) < 4.78 is 44.3. The van der Waals surface area contributed by atoms with Crippen LogP contribution >= 0.6 is 0 Å². The fourth-order valence-corrected chi connectivity index (χ4v) is 1.95. The average Bonchev–Trinajstić information content (AvgIpc) is 2.97. The summed E-state index contributed by atoms with van der Waals surface area (Å²) in [6, 6.07) is 9.94. The topological polar surface area (TPSA) is 38.9 Å². The molecule has 2 aromatic heterocycles. The van der Waals surface area contributed by atoms with E-state index in [-0.39, 0.29) is 11.5 Å². The van der Waals surface area contributed by atoms with Crippen LogP contribution in [0.1, 0.15) is 5.56 Å². The van der Waals surface area contributed by atoms with Gasteiger partial charge in [-0.3, -0.25) is 4.98 Å². The Morgan fingerprint density at radius 2 is 1.71 bits per heavy atom. The van der Waals surface area contributed by atoms with Gasteiger partial charge < -0.3 is 4.42 Å². The van der Waals surface area contributed by atoms with Gasteiger partial charge in [-0.2, -0.15) is 13.2 Å². The van der Waals surface area contributed by atoms with E-state index in [2.05, 4.69) is 9.97 Å². The second-order valence-corrected chi connectivity index (χ2v) is 4.31. The molecule has 0 fully saturated rings. The fraction of sp³-hybridized carbons (Fsp3) is 0.0667. The maximum absolute atomic E-state index is 13.0. The first-order valence-corrected chi connectivity index (χ1v) is 6.08. The molecule has 3 aromatic rings. The molecule has 0 N–H and O–H groups in total. The zero-order valence-electron chi connectivity index (χ0n) is 10.6. The van der Waals surface area contributed by atoms with Crippen molar-refractivity contribution in [1.82, 2.24) is 9.97 Å². The summed E-state index contributed by atoms with van der Waals surface area (Å²) in [5, 5.41) is 0. The van der Waals surface area contributed by atoms with Crippen molar-refractivity contribution in [1.29, 1.82) is 0 Å². The van der Waals surface area contributed by atoms with E-state index in [9.17, 15) is 13.2 Å². The average molecular weight is 290 g/mol. The molecular formula is C15H9F3N2O. The Kier molecular flexibility index (Phi) is 3.21. The minimum Gasteiger partial charge on any atom is -0.436 e. The molecule has 3 nitrogen and oxygen atoms in total. The van der Waals surface area contributed by atoms with Crippen LogP contribution in [0.3, 0.4) is 0 Å². The van der Waals surface area contributed by atoms with Crippen LogP contribution in [0.4, 0.5) is 13.2 Å². The number of benzene rings is 1. The van der Waals surface area contributed by atoms with Crippen molar-refractivity contribution in [3.8, 4) is 22.8 Å². The van der Waals surface area contributed by atoms with E-state index in [0.29, 0.717) is 5.76 Å². The number of alkyl halides is 3. The van der Waals surface area contributed by atoms with E-state index in [1.54, 1.807) is 12.1 Å². The third-order valence-corrected chi connectivity index (χ3v) is 2.92. The van der Waals surface area contributed by atoms with Crippen molar-refractivity contribution in [3.05, 3.63) is 60.6 Å². The molecule has 0 aliphatic carbocycles. The Morgan fingerprint density at radius 3 is 2.43 bits per heavy atom. The highest BCUT2D eigenvalue weighted by molar-refractivity contribution is 5.63. The predicted molar refractivity (Wildman–Crippen MR) is 70.2 cm³/mol. The van der Waals surface area contributed by atoms with Gasteiger partial charge in [0.15, 0.2) is 5.76 Å². The van der Waals surface area contributed by atoms with E-state index in [4.69, 9.17) is 4.42 Å². The third kappa shape index (κ3) is 2.65. The SMILES string of the molecule is FC(F)(F)c1ccncc1-c1ncc(-c2ccccc2)o1. The Labute approximate surface area is 118 Å². The molecular weight excluding hydrogens is 281 g/mol. The lowest BCUT2D eigenvalue weighted by atomic mass is 10.1. The number of aromatic nitrogens is 2. The van der Waals surface area contributed by atoms with E-state index >= 15 is 0 Å². The van der Waals surface area contributed by atoms with Crippen molar-refractivity contribution in [2.45, 2.75) is 6.18 Å². The van der Waals surface area contributed by atoms with Crippen LogP contribution in [0, 0.1) is 0 Å². The molecule has 0 aliphatic rings. The molecule has 6 heteroatoms. The van der Waals surface area contributed by atoms with Gasteiger partial charge in [0.05, 0.1) is 17.3 Å². The van der Waals surface area contributed by atoms with Gasteiger partial charge in [-0.25, -0.2) is 4.98 Å². The second-order valence-electron chi connectivity index (χ2n) is 4.31. The molecule has 0 atom stereocenters. The van der Waals surface area contributed by atoms with Gasteiger partial charge >= 0.3 is 6.18 Å². The van der Waals surface area contributed by atoms with E-state index in [0.717, 1.165) is 24.0 Å². The zero-order valence-corrected chi connectivity index (χ0v) is 10.6. The molecule has 0 saturated heterocycles. The molecule has 21 heavy (non-hydrogen) atoms. The van der Waals surface area contributed by atoms with Crippen LogP contribution in [-0.2, 0) is 6.18 Å². The minimum absolute atomic E-state index is 0.103. The maximum Gasteiger partial charge on any atom is 0.417 e. The maximum atomic E-state index is 13.0. The summed E-state index contributed by atoms with van der Waals surface area (Å²) in [5.41, 5.74) is -0.250. The Hall–Kier alpha value is -2.63. The van der Waals surface area contributed by atoms with Crippen molar-refractivity contribution in [2.24, 2.45) is 0 Å². The summed E-state index contributed by atoms with van der Waals surface area (Å²) in [5.74, 6) is 0.303. The standard InChI is InChI=1S/C15H9F3N2O/c16-15(17,18)12-6-7-19-8-11(12)14-20-9-13(21-14)10-4-2-1-3-5-10/h1-9H. The van der Waals surface area contributed by atoms with E-state index < -0.39 is 11.7 Å². The summed E-state index contributed by atoms with van der Waals surface area (Å²) in [6.45, 7) is 0. The number of hydrogen-bond donors (Lipinski definition) is 0. The lowest BCUT2D eigenvalue weighted by Crippen LogP contribution is -2.07. The Morgan fingerprint density at radius 1 is 0.952 bits per heavy atom. The van der Waals surface area contributed by atoms with E-state index in [1.807, 2.05) is 18.2 Å². The molecule has 0 bridgehead atoms. The first-order valence-electron chi connectivity index (χ1n) is 6.08. The van der Waals surface area contributed by atoms with Gasteiger partial charge in [-0.05, 0) is 6.07 Å². The molecule has 2 heterocycles. The summed E-state index contributed by atoms with van der Waals surface area (Å²) in [6.07, 6.45) is -0.895. The quantitative estimate of drug-likeness (QED) is 0.701. The summed E-state index contributed by atoms with van der Waals surface area (Å²) >= 11 is 0.